The number of anilines is 1. The van der Waals surface area contributed by atoms with Gasteiger partial charge in [0, 0.05) is 5.88 Å². The van der Waals surface area contributed by atoms with Crippen molar-refractivity contribution in [1.82, 2.24) is 20.2 Å². The second kappa shape index (κ2) is 5.98. The maximum absolute atomic E-state index is 11.7. The van der Waals surface area contributed by atoms with Crippen LogP contribution in [0.4, 0.5) is 5.69 Å². The number of tetrazole rings is 1. The van der Waals surface area contributed by atoms with Gasteiger partial charge < -0.3 is 0 Å². The molecule has 0 saturated heterocycles. The van der Waals surface area contributed by atoms with Gasteiger partial charge in [-0.25, -0.2) is 13.1 Å². The third-order valence-electron chi connectivity index (χ3n) is 2.28. The number of hydrogen-bond donors (Lipinski definition) is 1. The van der Waals surface area contributed by atoms with Crippen LogP contribution in [0.3, 0.4) is 0 Å². The van der Waals surface area contributed by atoms with E-state index in [1.165, 1.54) is 11.0 Å². The molecular weight excluding hydrogens is 290 g/mol. The molecule has 19 heavy (non-hydrogen) atoms. The van der Waals surface area contributed by atoms with Gasteiger partial charge >= 0.3 is 0 Å². The van der Waals surface area contributed by atoms with Crippen LogP contribution in [0, 0.1) is 0 Å². The highest BCUT2D eigenvalue weighted by Gasteiger charge is 2.10. The molecule has 9 heteroatoms. The third kappa shape index (κ3) is 3.90. The first-order valence-corrected chi connectivity index (χ1v) is 7.69. The second-order valence-corrected chi connectivity index (χ2v) is 5.99. The van der Waals surface area contributed by atoms with Crippen LogP contribution in [0.5, 0.6) is 0 Å². The largest absolute Gasteiger partial charge is 0.283 e. The first-order chi connectivity index (χ1) is 9.11. The van der Waals surface area contributed by atoms with Gasteiger partial charge in [0.2, 0.25) is 10.0 Å². The Morgan fingerprint density at radius 2 is 2.21 bits per heavy atom. The van der Waals surface area contributed by atoms with E-state index in [9.17, 15) is 8.42 Å². The Bertz CT molecular complexity index is 629. The van der Waals surface area contributed by atoms with Gasteiger partial charge in [-0.05, 0) is 35.0 Å². The Balaban J connectivity index is 2.16. The number of aromatic nitrogens is 4. The Morgan fingerprint density at radius 1 is 1.37 bits per heavy atom. The Hall–Kier alpha value is -1.67. The molecule has 0 saturated carbocycles. The molecule has 1 aromatic heterocycles. The number of nitrogens with zero attached hydrogens (tertiary/aromatic N) is 4. The maximum Gasteiger partial charge on any atom is 0.232 e. The van der Waals surface area contributed by atoms with Crippen molar-refractivity contribution in [3.05, 3.63) is 30.6 Å². The fraction of sp³-hybridized carbons (Fsp3) is 0.300. The average molecular weight is 302 g/mol. The number of sulfonamides is 1. The molecule has 0 atom stereocenters. The Labute approximate surface area is 115 Å². The van der Waals surface area contributed by atoms with Crippen molar-refractivity contribution in [3.63, 3.8) is 0 Å². The highest BCUT2D eigenvalue weighted by Crippen LogP contribution is 2.15. The molecule has 7 nitrogen and oxygen atoms in total. The lowest BCUT2D eigenvalue weighted by atomic mass is 10.3. The van der Waals surface area contributed by atoms with Crippen molar-refractivity contribution in [2.45, 2.75) is 6.42 Å². The summed E-state index contributed by atoms with van der Waals surface area (Å²) in [5.74, 6) is 0.303. The molecule has 1 aromatic carbocycles. The monoisotopic (exact) mass is 301 g/mol. The lowest BCUT2D eigenvalue weighted by molar-refractivity contribution is 0.600. The van der Waals surface area contributed by atoms with Crippen LogP contribution in [-0.2, 0) is 10.0 Å². The predicted octanol–water partition coefficient (Wildman–Crippen LogP) is 1.03. The van der Waals surface area contributed by atoms with E-state index in [0.29, 0.717) is 23.7 Å². The van der Waals surface area contributed by atoms with Crippen molar-refractivity contribution in [2.75, 3.05) is 16.4 Å². The van der Waals surface area contributed by atoms with Crippen molar-refractivity contribution >= 4 is 27.3 Å². The summed E-state index contributed by atoms with van der Waals surface area (Å²) < 4.78 is 27.4. The summed E-state index contributed by atoms with van der Waals surface area (Å²) in [4.78, 5) is 0. The number of nitrogens with one attached hydrogen (secondary N) is 1. The lowest BCUT2D eigenvalue weighted by Gasteiger charge is -2.08. The van der Waals surface area contributed by atoms with Crippen LogP contribution < -0.4 is 4.72 Å². The molecule has 2 aromatic rings. The molecule has 0 fully saturated rings. The van der Waals surface area contributed by atoms with E-state index in [-0.39, 0.29) is 5.75 Å². The van der Waals surface area contributed by atoms with Crippen molar-refractivity contribution in [2.24, 2.45) is 0 Å². The minimum absolute atomic E-state index is 0.00832. The number of benzene rings is 1. The fourth-order valence-electron chi connectivity index (χ4n) is 1.47. The molecule has 102 valence electrons. The summed E-state index contributed by atoms with van der Waals surface area (Å²) in [6.45, 7) is 0. The zero-order valence-corrected chi connectivity index (χ0v) is 11.5. The summed E-state index contributed by atoms with van der Waals surface area (Å²) >= 11 is 5.49. The molecule has 1 N–H and O–H groups in total. The summed E-state index contributed by atoms with van der Waals surface area (Å²) in [5.41, 5.74) is 1.13. The summed E-state index contributed by atoms with van der Waals surface area (Å²) in [7, 11) is -3.38. The molecule has 0 aliphatic rings. The van der Waals surface area contributed by atoms with Gasteiger partial charge in [0.15, 0.2) is 0 Å². The van der Waals surface area contributed by atoms with E-state index in [0.717, 1.165) is 0 Å². The fourth-order valence-corrected chi connectivity index (χ4v) is 2.87. The van der Waals surface area contributed by atoms with Gasteiger partial charge in [-0.1, -0.05) is 6.07 Å². The summed E-state index contributed by atoms with van der Waals surface area (Å²) in [6, 6.07) is 6.80. The summed E-state index contributed by atoms with van der Waals surface area (Å²) in [5, 5.41) is 10.8. The van der Waals surface area contributed by atoms with Crippen LogP contribution in [-0.4, -0.2) is 40.3 Å². The van der Waals surface area contributed by atoms with Gasteiger partial charge in [-0.3, -0.25) is 4.72 Å². The van der Waals surface area contributed by atoms with Crippen molar-refractivity contribution in [3.8, 4) is 5.69 Å². The Morgan fingerprint density at radius 3 is 2.89 bits per heavy atom. The summed E-state index contributed by atoms with van der Waals surface area (Å²) in [6.07, 6.45) is 1.84. The van der Waals surface area contributed by atoms with Crippen LogP contribution >= 0.6 is 11.6 Å². The molecule has 0 radical (unpaired) electrons. The van der Waals surface area contributed by atoms with Crippen LogP contribution in [0.15, 0.2) is 30.6 Å². The number of alkyl halides is 1. The molecule has 0 unspecified atom stereocenters. The van der Waals surface area contributed by atoms with E-state index < -0.39 is 10.0 Å². The zero-order chi connectivity index (χ0) is 13.7. The average Bonchev–Trinajstić information content (AvgIpc) is 2.90. The Kier molecular flexibility index (Phi) is 4.33. The van der Waals surface area contributed by atoms with Gasteiger partial charge in [0.1, 0.15) is 6.33 Å². The normalized spacial score (nSPS) is 11.4. The van der Waals surface area contributed by atoms with Crippen molar-refractivity contribution < 1.29 is 8.42 Å². The predicted molar refractivity (Wildman–Crippen MR) is 71.9 cm³/mol. The molecule has 0 aliphatic heterocycles. The molecule has 2 rings (SSSR count). The highest BCUT2D eigenvalue weighted by atomic mass is 35.5. The van der Waals surface area contributed by atoms with Crippen LogP contribution in [0.1, 0.15) is 6.42 Å². The first-order valence-electron chi connectivity index (χ1n) is 5.50. The van der Waals surface area contributed by atoms with E-state index in [1.54, 1.807) is 24.3 Å². The molecule has 0 aliphatic carbocycles. The maximum atomic E-state index is 11.7. The topological polar surface area (TPSA) is 89.8 Å². The van der Waals surface area contributed by atoms with E-state index in [2.05, 4.69) is 20.2 Å². The standard InChI is InChI=1S/C10H12ClN5O2S/c11-5-2-6-19(17,18)13-9-3-1-4-10(7-9)16-8-12-14-15-16/h1,3-4,7-8,13H,2,5-6H2. The molecule has 0 spiro atoms. The molecule has 0 bridgehead atoms. The molecule has 1 heterocycles. The first kappa shape index (κ1) is 13.8. The SMILES string of the molecule is O=S(=O)(CCCCl)Nc1cccc(-n2cnnn2)c1. The van der Waals surface area contributed by atoms with E-state index in [4.69, 9.17) is 11.6 Å². The van der Waals surface area contributed by atoms with Crippen LogP contribution in [0.2, 0.25) is 0 Å². The minimum atomic E-state index is -3.38. The van der Waals surface area contributed by atoms with E-state index in [1.807, 2.05) is 0 Å². The quantitative estimate of drug-likeness (QED) is 0.805. The minimum Gasteiger partial charge on any atom is -0.283 e. The lowest BCUT2D eigenvalue weighted by Crippen LogP contribution is -2.17. The van der Waals surface area contributed by atoms with Gasteiger partial charge in [0.25, 0.3) is 0 Å². The highest BCUT2D eigenvalue weighted by molar-refractivity contribution is 7.92. The third-order valence-corrected chi connectivity index (χ3v) is 3.92. The number of halogens is 1. The second-order valence-electron chi connectivity index (χ2n) is 3.77. The number of hydrogen-bond acceptors (Lipinski definition) is 5. The smallest absolute Gasteiger partial charge is 0.232 e. The zero-order valence-electron chi connectivity index (χ0n) is 9.90. The number of rotatable bonds is 6. The molecule has 0 amide bonds. The van der Waals surface area contributed by atoms with Gasteiger partial charge in [-0.2, -0.15) is 0 Å². The van der Waals surface area contributed by atoms with Crippen molar-refractivity contribution in [1.29, 1.82) is 0 Å². The molecular formula is C10H12ClN5O2S. The van der Waals surface area contributed by atoms with Gasteiger partial charge in [0.05, 0.1) is 17.1 Å². The van der Waals surface area contributed by atoms with Crippen LogP contribution in [0.25, 0.3) is 5.69 Å². The van der Waals surface area contributed by atoms with Gasteiger partial charge in [-0.15, -0.1) is 16.7 Å². The van der Waals surface area contributed by atoms with E-state index >= 15 is 0 Å².